The topological polar surface area (TPSA) is 70.7 Å². The van der Waals surface area contributed by atoms with Gasteiger partial charge in [0.05, 0.1) is 12.6 Å². The number of nitrogens with zero attached hydrogens (tertiary/aromatic N) is 1. The number of halogens is 1. The molecule has 0 aromatic heterocycles. The van der Waals surface area contributed by atoms with Gasteiger partial charge in [-0.2, -0.15) is 0 Å². The fourth-order valence-corrected chi connectivity index (χ4v) is 5.22. The van der Waals surface area contributed by atoms with Crippen molar-refractivity contribution in [2.75, 3.05) is 32.1 Å². The van der Waals surface area contributed by atoms with E-state index in [0.29, 0.717) is 23.0 Å². The van der Waals surface area contributed by atoms with Gasteiger partial charge in [0, 0.05) is 54.8 Å². The zero-order valence-corrected chi connectivity index (χ0v) is 17.0. The highest BCUT2D eigenvalue weighted by atomic mass is 35.5. The highest BCUT2D eigenvalue weighted by Crippen LogP contribution is 2.36. The third-order valence-electron chi connectivity index (χ3n) is 6.47. The van der Waals surface area contributed by atoms with Crippen LogP contribution in [0.4, 0.5) is 5.69 Å². The van der Waals surface area contributed by atoms with Crippen LogP contribution in [-0.4, -0.2) is 61.5 Å². The molecule has 1 saturated carbocycles. The minimum absolute atomic E-state index is 0.0374. The molecule has 0 spiro atoms. The van der Waals surface area contributed by atoms with Crippen molar-refractivity contribution in [2.45, 2.75) is 43.9 Å². The van der Waals surface area contributed by atoms with Crippen LogP contribution in [0.3, 0.4) is 0 Å². The third kappa shape index (κ3) is 4.25. The molecule has 28 heavy (non-hydrogen) atoms. The summed E-state index contributed by atoms with van der Waals surface area (Å²) in [5.41, 5.74) is 0.693. The maximum atomic E-state index is 13.2. The molecule has 4 rings (SSSR count). The van der Waals surface area contributed by atoms with Crippen LogP contribution < -0.4 is 10.6 Å². The van der Waals surface area contributed by atoms with Gasteiger partial charge in [-0.25, -0.2) is 0 Å². The average molecular weight is 406 g/mol. The highest BCUT2D eigenvalue weighted by molar-refractivity contribution is 6.30. The third-order valence-corrected chi connectivity index (χ3v) is 6.70. The van der Waals surface area contributed by atoms with E-state index in [0.717, 1.165) is 32.2 Å². The van der Waals surface area contributed by atoms with Gasteiger partial charge in [-0.05, 0) is 43.9 Å². The fraction of sp³-hybridized carbons (Fsp3) is 0.619. The number of nitrogens with one attached hydrogen (secondary N) is 2. The lowest BCUT2D eigenvalue weighted by atomic mass is 9.70. The summed E-state index contributed by atoms with van der Waals surface area (Å²) in [7, 11) is 1.73. The molecule has 1 amide bonds. The number of carbonyl (C=O) groups excluding carboxylic acids is 2. The summed E-state index contributed by atoms with van der Waals surface area (Å²) in [6, 6.07) is 7.66. The van der Waals surface area contributed by atoms with Gasteiger partial charge in [0.25, 0.3) is 0 Å². The molecule has 5 unspecified atom stereocenters. The Balaban J connectivity index is 1.35. The van der Waals surface area contributed by atoms with E-state index in [9.17, 15) is 9.59 Å². The normalized spacial score (nSPS) is 33.1. The summed E-state index contributed by atoms with van der Waals surface area (Å²) in [4.78, 5) is 27.7. The molecule has 2 heterocycles. The van der Waals surface area contributed by atoms with E-state index < -0.39 is 0 Å². The van der Waals surface area contributed by atoms with E-state index >= 15 is 0 Å². The van der Waals surface area contributed by atoms with Gasteiger partial charge in [-0.1, -0.05) is 17.7 Å². The summed E-state index contributed by atoms with van der Waals surface area (Å²) in [5.74, 6) is 0.284. The minimum atomic E-state index is -0.0769. The van der Waals surface area contributed by atoms with E-state index in [1.807, 2.05) is 12.1 Å². The molecule has 5 atom stereocenters. The van der Waals surface area contributed by atoms with E-state index in [1.165, 1.54) is 0 Å². The lowest BCUT2D eigenvalue weighted by Crippen LogP contribution is -2.64. The van der Waals surface area contributed by atoms with Gasteiger partial charge in [0.1, 0.15) is 5.78 Å². The lowest BCUT2D eigenvalue weighted by molar-refractivity contribution is -0.138. The largest absolute Gasteiger partial charge is 0.381 e. The number of rotatable bonds is 4. The Hall–Kier alpha value is -1.47. The molecule has 2 N–H and O–H groups in total. The highest BCUT2D eigenvalue weighted by Gasteiger charge is 2.47. The maximum Gasteiger partial charge on any atom is 0.238 e. The Bertz CT molecular complexity index is 743. The van der Waals surface area contributed by atoms with Crippen LogP contribution in [0.25, 0.3) is 0 Å². The molecule has 3 fully saturated rings. The number of hydrogen-bond donors (Lipinski definition) is 2. The number of hydrogen-bond acceptors (Lipinski definition) is 5. The second kappa shape index (κ2) is 8.49. The molecule has 3 aliphatic rings. The molecule has 1 aromatic carbocycles. The van der Waals surface area contributed by atoms with Crippen LogP contribution in [0.15, 0.2) is 24.3 Å². The number of methoxy groups -OCH3 is 1. The number of amides is 1. The summed E-state index contributed by atoms with van der Waals surface area (Å²) in [6.07, 6.45) is 3.92. The summed E-state index contributed by atoms with van der Waals surface area (Å²) < 4.78 is 5.51. The second-order valence-corrected chi connectivity index (χ2v) is 8.68. The smallest absolute Gasteiger partial charge is 0.238 e. The quantitative estimate of drug-likeness (QED) is 0.804. The monoisotopic (exact) mass is 405 g/mol. The van der Waals surface area contributed by atoms with Crippen LogP contribution >= 0.6 is 11.6 Å². The van der Waals surface area contributed by atoms with Crippen LogP contribution in [0.1, 0.15) is 25.7 Å². The average Bonchev–Trinajstić information content (AvgIpc) is 2.68. The molecule has 2 aliphatic heterocycles. The molecule has 0 bridgehead atoms. The summed E-state index contributed by atoms with van der Waals surface area (Å²) >= 11 is 5.97. The zero-order valence-electron chi connectivity index (χ0n) is 16.2. The molecule has 1 aromatic rings. The van der Waals surface area contributed by atoms with Crippen molar-refractivity contribution < 1.29 is 14.3 Å². The van der Waals surface area contributed by atoms with Crippen LogP contribution in [-0.2, 0) is 14.3 Å². The lowest BCUT2D eigenvalue weighted by Gasteiger charge is -2.48. The van der Waals surface area contributed by atoms with Gasteiger partial charge in [0.2, 0.25) is 5.91 Å². The molecule has 0 radical (unpaired) electrons. The number of Topliss-reactive ketones (excluding diaryl/α,β-unsaturated/α-hetero) is 1. The van der Waals surface area contributed by atoms with Crippen LogP contribution in [0.5, 0.6) is 0 Å². The number of piperidine rings is 2. The Kier molecular flexibility index (Phi) is 6.01. The Morgan fingerprint density at radius 2 is 2.11 bits per heavy atom. The molecule has 6 nitrogen and oxygen atoms in total. The first-order valence-corrected chi connectivity index (χ1v) is 10.5. The standard InChI is InChI=1S/C21H28ClN3O3/c1-28-15-5-6-18-16(10-15)21(27)17-11-25(8-7-19(17)24-18)12-20(26)23-14-4-2-3-13(22)9-14/h2-4,9,15-19,24H,5-8,10-12H2,1H3,(H,23,26). The van der Waals surface area contributed by atoms with Gasteiger partial charge in [0.15, 0.2) is 0 Å². The SMILES string of the molecule is COC1CCC2NC3CCN(CC(=O)Nc4cccc(Cl)c4)CC3C(=O)C2C1. The number of ether oxygens (including phenoxy) is 1. The van der Waals surface area contributed by atoms with Crippen molar-refractivity contribution in [3.63, 3.8) is 0 Å². The molecule has 7 heteroatoms. The first kappa shape index (κ1) is 19.8. The van der Waals surface area contributed by atoms with Gasteiger partial charge in [-0.15, -0.1) is 0 Å². The number of carbonyl (C=O) groups is 2. The zero-order chi connectivity index (χ0) is 19.7. The van der Waals surface area contributed by atoms with Crippen LogP contribution in [0, 0.1) is 11.8 Å². The molecular formula is C21H28ClN3O3. The molecule has 2 saturated heterocycles. The first-order valence-electron chi connectivity index (χ1n) is 10.1. The van der Waals surface area contributed by atoms with Crippen molar-refractivity contribution in [2.24, 2.45) is 11.8 Å². The second-order valence-electron chi connectivity index (χ2n) is 8.25. The predicted molar refractivity (Wildman–Crippen MR) is 108 cm³/mol. The van der Waals surface area contributed by atoms with Gasteiger partial charge in [-0.3, -0.25) is 14.5 Å². The molecule has 1 aliphatic carbocycles. The minimum Gasteiger partial charge on any atom is -0.381 e. The van der Waals surface area contributed by atoms with Crippen molar-refractivity contribution in [1.29, 1.82) is 0 Å². The van der Waals surface area contributed by atoms with E-state index in [2.05, 4.69) is 15.5 Å². The number of likely N-dealkylation sites (tertiary alicyclic amines) is 1. The first-order chi connectivity index (χ1) is 13.5. The molecule has 152 valence electrons. The number of fused-ring (bicyclic) bond motifs is 2. The van der Waals surface area contributed by atoms with Crippen molar-refractivity contribution in [1.82, 2.24) is 10.2 Å². The Morgan fingerprint density at radius 3 is 2.89 bits per heavy atom. The Morgan fingerprint density at radius 1 is 1.29 bits per heavy atom. The maximum absolute atomic E-state index is 13.2. The number of anilines is 1. The van der Waals surface area contributed by atoms with Crippen molar-refractivity contribution in [3.8, 4) is 0 Å². The number of ketones is 1. The summed E-state index contributed by atoms with van der Waals surface area (Å²) in [5, 5.41) is 7.22. The predicted octanol–water partition coefficient (Wildman–Crippen LogP) is 2.33. The van der Waals surface area contributed by atoms with Crippen LogP contribution in [0.2, 0.25) is 5.02 Å². The molecular weight excluding hydrogens is 378 g/mol. The number of benzene rings is 1. The summed E-state index contributed by atoms with van der Waals surface area (Å²) in [6.45, 7) is 1.75. The van der Waals surface area contributed by atoms with Crippen molar-refractivity contribution >= 4 is 29.0 Å². The van der Waals surface area contributed by atoms with E-state index in [1.54, 1.807) is 19.2 Å². The fourth-order valence-electron chi connectivity index (χ4n) is 5.03. The Labute approximate surface area is 170 Å². The van der Waals surface area contributed by atoms with E-state index in [4.69, 9.17) is 16.3 Å². The van der Waals surface area contributed by atoms with E-state index in [-0.39, 0.29) is 42.5 Å². The van der Waals surface area contributed by atoms with Crippen molar-refractivity contribution in [3.05, 3.63) is 29.3 Å². The van der Waals surface area contributed by atoms with Gasteiger partial charge >= 0.3 is 0 Å². The van der Waals surface area contributed by atoms with Gasteiger partial charge < -0.3 is 15.4 Å².